The molecule has 0 aromatic heterocycles. The van der Waals surface area contributed by atoms with Gasteiger partial charge in [-0.05, 0) is 77.0 Å². The van der Waals surface area contributed by atoms with Gasteiger partial charge >= 0.3 is 17.9 Å². The molecule has 0 saturated carbocycles. The molecule has 0 radical (unpaired) electrons. The molecule has 6 nitrogen and oxygen atoms in total. The summed E-state index contributed by atoms with van der Waals surface area (Å²) in [6, 6.07) is 0. The van der Waals surface area contributed by atoms with Crippen molar-refractivity contribution in [2.75, 3.05) is 13.2 Å². The molecule has 0 aliphatic rings. The van der Waals surface area contributed by atoms with Crippen molar-refractivity contribution in [1.82, 2.24) is 0 Å². The molecule has 366 valence electrons. The molecule has 1 unspecified atom stereocenters. The van der Waals surface area contributed by atoms with Crippen molar-refractivity contribution in [3.8, 4) is 0 Å². The van der Waals surface area contributed by atoms with Crippen LogP contribution in [0.4, 0.5) is 0 Å². The van der Waals surface area contributed by atoms with Gasteiger partial charge in [-0.15, -0.1) is 0 Å². The minimum Gasteiger partial charge on any atom is -0.462 e. The second kappa shape index (κ2) is 52.0. The first-order valence-corrected chi connectivity index (χ1v) is 27.1. The van der Waals surface area contributed by atoms with Gasteiger partial charge in [0.2, 0.25) is 0 Å². The molecule has 0 fully saturated rings. The van der Waals surface area contributed by atoms with E-state index in [-0.39, 0.29) is 31.1 Å². The third-order valence-electron chi connectivity index (χ3n) is 11.8. The van der Waals surface area contributed by atoms with Crippen LogP contribution in [0.15, 0.2) is 48.6 Å². The Balaban J connectivity index is 4.22. The van der Waals surface area contributed by atoms with Crippen molar-refractivity contribution in [1.29, 1.82) is 0 Å². The highest BCUT2D eigenvalue weighted by atomic mass is 16.6. The van der Waals surface area contributed by atoms with Crippen LogP contribution in [0.1, 0.15) is 278 Å². The summed E-state index contributed by atoms with van der Waals surface area (Å²) in [4.78, 5) is 37.9. The van der Waals surface area contributed by atoms with Crippen LogP contribution in [-0.2, 0) is 28.6 Å². The smallest absolute Gasteiger partial charge is 0.306 e. The maximum absolute atomic E-state index is 12.8. The van der Waals surface area contributed by atoms with Crippen molar-refractivity contribution in [3.05, 3.63) is 48.6 Å². The summed E-state index contributed by atoms with van der Waals surface area (Å²) < 4.78 is 16.8. The standard InChI is InChI=1S/C57H102O6/c1-4-7-10-13-16-19-21-23-24-25-26-27-28-29-30-31-32-34-35-38-41-44-47-50-56(59)62-53-54(52-61-55(58)49-46-43-40-37-18-15-12-9-6-3)63-57(60)51-48-45-42-39-36-33-22-20-17-14-11-8-5-2/h11,14,20-23,25-26,54H,4-10,12-13,15-19,24,27-53H2,1-3H3/b14-11-,22-20-,23-21-,26-25-. The fraction of sp³-hybridized carbons (Fsp3) is 0.807. The Hall–Kier alpha value is -2.63. The van der Waals surface area contributed by atoms with E-state index in [9.17, 15) is 14.4 Å². The van der Waals surface area contributed by atoms with E-state index in [4.69, 9.17) is 14.2 Å². The molecule has 0 rings (SSSR count). The lowest BCUT2D eigenvalue weighted by Crippen LogP contribution is -2.30. The lowest BCUT2D eigenvalue weighted by Gasteiger charge is -2.18. The molecule has 0 heterocycles. The molecule has 63 heavy (non-hydrogen) atoms. The normalized spacial score (nSPS) is 12.4. The van der Waals surface area contributed by atoms with Gasteiger partial charge < -0.3 is 14.2 Å². The quantitative estimate of drug-likeness (QED) is 0.0262. The Morgan fingerprint density at radius 2 is 0.603 bits per heavy atom. The predicted octanol–water partition coefficient (Wildman–Crippen LogP) is 17.9. The number of esters is 3. The Morgan fingerprint density at radius 3 is 0.937 bits per heavy atom. The lowest BCUT2D eigenvalue weighted by molar-refractivity contribution is -0.167. The lowest BCUT2D eigenvalue weighted by atomic mass is 10.0. The molecule has 0 spiro atoms. The molecular formula is C57H102O6. The van der Waals surface area contributed by atoms with E-state index in [1.807, 2.05) is 0 Å². The molecular weight excluding hydrogens is 781 g/mol. The van der Waals surface area contributed by atoms with Gasteiger partial charge in [0.1, 0.15) is 13.2 Å². The Morgan fingerprint density at radius 1 is 0.317 bits per heavy atom. The van der Waals surface area contributed by atoms with E-state index in [1.165, 1.54) is 141 Å². The van der Waals surface area contributed by atoms with Gasteiger partial charge in [-0.25, -0.2) is 0 Å². The van der Waals surface area contributed by atoms with Crippen LogP contribution >= 0.6 is 0 Å². The number of unbranched alkanes of at least 4 members (excludes halogenated alkanes) is 30. The van der Waals surface area contributed by atoms with Crippen LogP contribution in [0.5, 0.6) is 0 Å². The van der Waals surface area contributed by atoms with E-state index in [0.717, 1.165) is 96.3 Å². The highest BCUT2D eigenvalue weighted by Gasteiger charge is 2.19. The van der Waals surface area contributed by atoms with Crippen molar-refractivity contribution in [2.24, 2.45) is 0 Å². The molecule has 0 N–H and O–H groups in total. The van der Waals surface area contributed by atoms with Crippen molar-refractivity contribution >= 4 is 17.9 Å². The largest absolute Gasteiger partial charge is 0.462 e. The van der Waals surface area contributed by atoms with Crippen molar-refractivity contribution in [2.45, 2.75) is 284 Å². The summed E-state index contributed by atoms with van der Waals surface area (Å²) in [5.74, 6) is -0.889. The average Bonchev–Trinajstić information content (AvgIpc) is 3.28. The first kappa shape index (κ1) is 60.4. The highest BCUT2D eigenvalue weighted by molar-refractivity contribution is 5.71. The van der Waals surface area contributed by atoms with Crippen LogP contribution in [-0.4, -0.2) is 37.2 Å². The Kier molecular flexibility index (Phi) is 49.8. The number of hydrogen-bond donors (Lipinski definition) is 0. The van der Waals surface area contributed by atoms with E-state index >= 15 is 0 Å². The van der Waals surface area contributed by atoms with Gasteiger partial charge in [0.15, 0.2) is 6.10 Å². The molecule has 0 aliphatic carbocycles. The number of carbonyl (C=O) groups is 3. The summed E-state index contributed by atoms with van der Waals surface area (Å²) in [6.07, 6.45) is 62.5. The fourth-order valence-electron chi connectivity index (χ4n) is 7.69. The zero-order chi connectivity index (χ0) is 45.8. The van der Waals surface area contributed by atoms with Crippen molar-refractivity contribution < 1.29 is 28.6 Å². The number of carbonyl (C=O) groups excluding carboxylic acids is 3. The predicted molar refractivity (Wildman–Crippen MR) is 270 cm³/mol. The van der Waals surface area contributed by atoms with Crippen LogP contribution in [0.3, 0.4) is 0 Å². The molecule has 0 saturated heterocycles. The topological polar surface area (TPSA) is 78.9 Å². The molecule has 0 amide bonds. The molecule has 0 bridgehead atoms. The Bertz CT molecular complexity index is 1110. The van der Waals surface area contributed by atoms with Gasteiger partial charge in [-0.3, -0.25) is 14.4 Å². The van der Waals surface area contributed by atoms with Gasteiger partial charge in [-0.1, -0.05) is 230 Å². The molecule has 0 aromatic carbocycles. The van der Waals surface area contributed by atoms with E-state index < -0.39 is 6.10 Å². The van der Waals surface area contributed by atoms with Gasteiger partial charge in [0.25, 0.3) is 0 Å². The first-order chi connectivity index (χ1) is 31.0. The first-order valence-electron chi connectivity index (χ1n) is 27.1. The third kappa shape index (κ3) is 50.2. The minimum absolute atomic E-state index is 0.0774. The van der Waals surface area contributed by atoms with E-state index in [0.29, 0.717) is 19.3 Å². The molecule has 6 heteroatoms. The summed E-state index contributed by atoms with van der Waals surface area (Å²) in [5, 5.41) is 0. The maximum atomic E-state index is 12.8. The number of hydrogen-bond acceptors (Lipinski definition) is 6. The average molecular weight is 883 g/mol. The van der Waals surface area contributed by atoms with Crippen LogP contribution in [0.2, 0.25) is 0 Å². The second-order valence-electron chi connectivity index (χ2n) is 18.1. The molecule has 0 aliphatic heterocycles. The third-order valence-corrected chi connectivity index (χ3v) is 11.8. The number of rotatable bonds is 49. The van der Waals surface area contributed by atoms with E-state index in [2.05, 4.69) is 69.4 Å². The highest BCUT2D eigenvalue weighted by Crippen LogP contribution is 2.15. The fourth-order valence-corrected chi connectivity index (χ4v) is 7.69. The number of allylic oxidation sites excluding steroid dienone is 8. The summed E-state index contributed by atoms with van der Waals surface area (Å²) in [5.41, 5.74) is 0. The van der Waals surface area contributed by atoms with Gasteiger partial charge in [-0.2, -0.15) is 0 Å². The molecule has 1 atom stereocenters. The minimum atomic E-state index is -0.777. The number of ether oxygens (including phenoxy) is 3. The van der Waals surface area contributed by atoms with Crippen LogP contribution < -0.4 is 0 Å². The van der Waals surface area contributed by atoms with Gasteiger partial charge in [0.05, 0.1) is 0 Å². The van der Waals surface area contributed by atoms with Crippen molar-refractivity contribution in [3.63, 3.8) is 0 Å². The maximum Gasteiger partial charge on any atom is 0.306 e. The summed E-state index contributed by atoms with van der Waals surface area (Å²) in [7, 11) is 0. The Labute approximate surface area is 390 Å². The SMILES string of the molecule is CCC/C=C\C/C=C\CCCCCCCC(=O)OC(COC(=O)CCCCCCCCCCC)COC(=O)CCCCCCCCCCCCC/C=C\C/C=C\CCCCCCC. The zero-order valence-corrected chi connectivity index (χ0v) is 41.8. The van der Waals surface area contributed by atoms with Crippen LogP contribution in [0.25, 0.3) is 0 Å². The van der Waals surface area contributed by atoms with E-state index in [1.54, 1.807) is 0 Å². The van der Waals surface area contributed by atoms with Gasteiger partial charge in [0, 0.05) is 19.3 Å². The summed E-state index contributed by atoms with van der Waals surface area (Å²) in [6.45, 7) is 6.55. The van der Waals surface area contributed by atoms with Crippen LogP contribution in [0, 0.1) is 0 Å². The summed E-state index contributed by atoms with van der Waals surface area (Å²) >= 11 is 0. The monoisotopic (exact) mass is 883 g/mol. The molecule has 0 aromatic rings. The zero-order valence-electron chi connectivity index (χ0n) is 41.8. The second-order valence-corrected chi connectivity index (χ2v) is 18.1.